The lowest BCUT2D eigenvalue weighted by atomic mass is 10.1. The Morgan fingerprint density at radius 1 is 1.13 bits per heavy atom. The maximum atomic E-state index is 12.0. The molecule has 1 saturated heterocycles. The van der Waals surface area contributed by atoms with Crippen molar-refractivity contribution in [2.24, 2.45) is 4.99 Å². The summed E-state index contributed by atoms with van der Waals surface area (Å²) in [6.07, 6.45) is 1.62. The van der Waals surface area contributed by atoms with Gasteiger partial charge in [-0.2, -0.15) is 0 Å². The van der Waals surface area contributed by atoms with Crippen molar-refractivity contribution in [1.82, 2.24) is 5.32 Å². The van der Waals surface area contributed by atoms with Crippen LogP contribution in [0.2, 0.25) is 0 Å². The Morgan fingerprint density at radius 2 is 1.91 bits per heavy atom. The molecule has 3 rings (SSSR count). The summed E-state index contributed by atoms with van der Waals surface area (Å²) in [5.41, 5.74) is 1.43. The minimum atomic E-state index is -1.25. The first kappa shape index (κ1) is 15.1. The van der Waals surface area contributed by atoms with Crippen molar-refractivity contribution in [3.63, 3.8) is 0 Å². The van der Waals surface area contributed by atoms with Crippen LogP contribution in [0.25, 0.3) is 6.08 Å². The van der Waals surface area contributed by atoms with Gasteiger partial charge in [0.05, 0.1) is 16.6 Å². The van der Waals surface area contributed by atoms with Crippen LogP contribution in [0, 0.1) is 0 Å². The average molecular weight is 323 g/mol. The largest absolute Gasteiger partial charge is 0.545 e. The second-order valence-electron chi connectivity index (χ2n) is 4.73. The number of carbonyl (C=O) groups excluding carboxylic acids is 2. The zero-order valence-electron chi connectivity index (χ0n) is 11.9. The number of nitrogens with zero attached hydrogens (tertiary/aromatic N) is 1. The fourth-order valence-electron chi connectivity index (χ4n) is 2.01. The van der Waals surface area contributed by atoms with Gasteiger partial charge in [-0.05, 0) is 47.2 Å². The second kappa shape index (κ2) is 6.50. The number of amidine groups is 1. The number of carbonyl (C=O) groups is 2. The highest BCUT2D eigenvalue weighted by Gasteiger charge is 2.23. The van der Waals surface area contributed by atoms with Crippen LogP contribution in [0.3, 0.4) is 0 Å². The predicted octanol–water partition coefficient (Wildman–Crippen LogP) is 1.94. The summed E-state index contributed by atoms with van der Waals surface area (Å²) in [6.45, 7) is 0. The van der Waals surface area contributed by atoms with Crippen LogP contribution in [-0.4, -0.2) is 17.0 Å². The summed E-state index contributed by atoms with van der Waals surface area (Å²) >= 11 is 1.21. The number of hydrogen-bond donors (Lipinski definition) is 1. The molecule has 0 unspecified atom stereocenters. The van der Waals surface area contributed by atoms with Crippen molar-refractivity contribution in [2.45, 2.75) is 0 Å². The minimum absolute atomic E-state index is 0.0703. The third-order valence-electron chi connectivity index (χ3n) is 3.06. The maximum Gasteiger partial charge on any atom is 0.264 e. The van der Waals surface area contributed by atoms with Crippen LogP contribution >= 0.6 is 11.8 Å². The lowest BCUT2D eigenvalue weighted by molar-refractivity contribution is -0.255. The smallest absolute Gasteiger partial charge is 0.264 e. The SMILES string of the molecule is O=C1NC(=Nc2ccccc2)S/C1=C/c1cccc(C(=O)[O-])c1. The van der Waals surface area contributed by atoms with Crippen molar-refractivity contribution in [1.29, 1.82) is 0 Å². The van der Waals surface area contributed by atoms with Gasteiger partial charge in [0, 0.05) is 0 Å². The molecule has 0 aromatic heterocycles. The highest BCUT2D eigenvalue weighted by Crippen LogP contribution is 2.28. The highest BCUT2D eigenvalue weighted by molar-refractivity contribution is 8.18. The number of nitrogens with one attached hydrogen (secondary N) is 1. The summed E-state index contributed by atoms with van der Waals surface area (Å²) < 4.78 is 0. The minimum Gasteiger partial charge on any atom is -0.545 e. The Bertz CT molecular complexity index is 829. The van der Waals surface area contributed by atoms with Crippen LogP contribution in [0.1, 0.15) is 15.9 Å². The Kier molecular flexibility index (Phi) is 4.25. The van der Waals surface area contributed by atoms with E-state index in [1.165, 1.54) is 23.9 Å². The molecule has 0 spiro atoms. The first-order valence-electron chi connectivity index (χ1n) is 6.78. The lowest BCUT2D eigenvalue weighted by Gasteiger charge is -2.02. The molecular formula is C17H11N2O3S-. The molecular weight excluding hydrogens is 312 g/mol. The van der Waals surface area contributed by atoms with Gasteiger partial charge in [-0.3, -0.25) is 4.79 Å². The maximum absolute atomic E-state index is 12.0. The molecule has 114 valence electrons. The monoisotopic (exact) mass is 323 g/mol. The van der Waals surface area contributed by atoms with E-state index in [0.29, 0.717) is 15.6 Å². The molecule has 1 aliphatic heterocycles. The molecule has 1 heterocycles. The molecule has 6 heteroatoms. The molecule has 0 atom stereocenters. The quantitative estimate of drug-likeness (QED) is 0.875. The number of rotatable bonds is 3. The number of hydrogen-bond acceptors (Lipinski definition) is 5. The molecule has 1 aliphatic rings. The zero-order valence-corrected chi connectivity index (χ0v) is 12.7. The fraction of sp³-hybridized carbons (Fsp3) is 0. The third-order valence-corrected chi connectivity index (χ3v) is 3.97. The van der Waals surface area contributed by atoms with E-state index in [0.717, 1.165) is 5.69 Å². The van der Waals surface area contributed by atoms with Gasteiger partial charge in [0.15, 0.2) is 5.17 Å². The highest BCUT2D eigenvalue weighted by atomic mass is 32.2. The van der Waals surface area contributed by atoms with E-state index < -0.39 is 5.97 Å². The summed E-state index contributed by atoms with van der Waals surface area (Å²) in [6, 6.07) is 15.5. The van der Waals surface area contributed by atoms with Gasteiger partial charge < -0.3 is 15.2 Å². The Balaban J connectivity index is 1.84. The number of amides is 1. The van der Waals surface area contributed by atoms with E-state index in [-0.39, 0.29) is 11.5 Å². The number of carboxylic acids is 1. The van der Waals surface area contributed by atoms with Crippen LogP contribution in [0.15, 0.2) is 64.5 Å². The van der Waals surface area contributed by atoms with Crippen LogP contribution in [0.4, 0.5) is 5.69 Å². The number of aromatic carboxylic acids is 1. The van der Waals surface area contributed by atoms with Crippen LogP contribution in [-0.2, 0) is 4.79 Å². The molecule has 0 bridgehead atoms. The fourth-order valence-corrected chi connectivity index (χ4v) is 2.85. The van der Waals surface area contributed by atoms with Crippen molar-refractivity contribution in [3.05, 3.63) is 70.6 Å². The topological polar surface area (TPSA) is 81.6 Å². The van der Waals surface area contributed by atoms with E-state index in [1.807, 2.05) is 30.3 Å². The van der Waals surface area contributed by atoms with Gasteiger partial charge in [0.2, 0.25) is 0 Å². The number of carboxylic acid groups (broad SMARTS) is 1. The van der Waals surface area contributed by atoms with Gasteiger partial charge in [-0.15, -0.1) is 0 Å². The van der Waals surface area contributed by atoms with E-state index in [9.17, 15) is 14.7 Å². The zero-order chi connectivity index (χ0) is 16.2. The van der Waals surface area contributed by atoms with E-state index in [2.05, 4.69) is 10.3 Å². The van der Waals surface area contributed by atoms with Crippen LogP contribution in [0.5, 0.6) is 0 Å². The molecule has 1 amide bonds. The first-order valence-corrected chi connectivity index (χ1v) is 7.59. The van der Waals surface area contributed by atoms with Crippen molar-refractivity contribution < 1.29 is 14.7 Å². The van der Waals surface area contributed by atoms with Crippen molar-refractivity contribution in [2.75, 3.05) is 0 Å². The number of thioether (sulfide) groups is 1. The van der Waals surface area contributed by atoms with Crippen molar-refractivity contribution >= 4 is 40.6 Å². The van der Waals surface area contributed by atoms with Crippen LogP contribution < -0.4 is 10.4 Å². The number of benzene rings is 2. The van der Waals surface area contributed by atoms with Crippen molar-refractivity contribution in [3.8, 4) is 0 Å². The standard InChI is InChI=1S/C17H12N2O3S/c20-15-14(10-11-5-4-6-12(9-11)16(21)22)23-17(19-15)18-13-7-2-1-3-8-13/h1-10H,(H,21,22)(H,18,19,20)/p-1/b14-10+. The molecule has 5 nitrogen and oxygen atoms in total. The Labute approximate surface area is 136 Å². The summed E-state index contributed by atoms with van der Waals surface area (Å²) in [7, 11) is 0. The molecule has 2 aromatic carbocycles. The molecule has 0 aliphatic carbocycles. The number of para-hydroxylation sites is 1. The van der Waals surface area contributed by atoms with Gasteiger partial charge in [-0.1, -0.05) is 36.4 Å². The molecule has 1 fully saturated rings. The molecule has 0 radical (unpaired) electrons. The summed E-state index contributed by atoms with van der Waals surface area (Å²) in [5.74, 6) is -1.51. The van der Waals surface area contributed by atoms with E-state index in [4.69, 9.17) is 0 Å². The Morgan fingerprint density at radius 3 is 2.65 bits per heavy atom. The van der Waals surface area contributed by atoms with Gasteiger partial charge in [-0.25, -0.2) is 4.99 Å². The molecule has 1 N–H and O–H groups in total. The van der Waals surface area contributed by atoms with E-state index >= 15 is 0 Å². The molecule has 2 aromatic rings. The molecule has 0 saturated carbocycles. The van der Waals surface area contributed by atoms with Gasteiger partial charge in [0.25, 0.3) is 5.91 Å². The lowest BCUT2D eigenvalue weighted by Crippen LogP contribution is -2.22. The average Bonchev–Trinajstić information content (AvgIpc) is 2.88. The van der Waals surface area contributed by atoms with Gasteiger partial charge in [0.1, 0.15) is 0 Å². The molecule has 23 heavy (non-hydrogen) atoms. The first-order chi connectivity index (χ1) is 11.1. The predicted molar refractivity (Wildman–Crippen MR) is 88.0 cm³/mol. The second-order valence-corrected chi connectivity index (χ2v) is 5.76. The Hall–Kier alpha value is -2.86. The summed E-state index contributed by atoms with van der Waals surface area (Å²) in [4.78, 5) is 27.7. The normalized spacial score (nSPS) is 17.5. The summed E-state index contributed by atoms with van der Waals surface area (Å²) in [5, 5.41) is 14.1. The van der Waals surface area contributed by atoms with E-state index in [1.54, 1.807) is 18.2 Å². The third kappa shape index (κ3) is 3.67. The van der Waals surface area contributed by atoms with Gasteiger partial charge >= 0.3 is 0 Å². The number of aliphatic imine (C=N–C) groups is 1.